The van der Waals surface area contributed by atoms with Gasteiger partial charge in [0.1, 0.15) is 0 Å². The molecular weight excluding hydrogens is 294 g/mol. The van der Waals surface area contributed by atoms with Crippen molar-refractivity contribution in [2.24, 2.45) is 0 Å². The summed E-state index contributed by atoms with van der Waals surface area (Å²) in [7, 11) is -1.67. The first-order valence-electron chi connectivity index (χ1n) is 6.66. The fraction of sp³-hybridized carbons (Fsp3) is 0.615. The Balaban J connectivity index is 2.02. The summed E-state index contributed by atoms with van der Waals surface area (Å²) in [5.74, 6) is 0. The Morgan fingerprint density at radius 2 is 2.15 bits per heavy atom. The summed E-state index contributed by atoms with van der Waals surface area (Å²) in [6.45, 7) is 1.16. The van der Waals surface area contributed by atoms with Crippen LogP contribution in [0.3, 0.4) is 0 Å². The number of nitrogens with zero attached hydrogens (tertiary/aromatic N) is 1. The number of hydrogen-bond acceptors (Lipinski definition) is 5. The zero-order valence-corrected chi connectivity index (χ0v) is 13.5. The molecule has 0 radical (unpaired) electrons. The molecule has 112 valence electrons. The highest BCUT2D eigenvalue weighted by Gasteiger charge is 2.37. The predicted molar refractivity (Wildman–Crippen MR) is 82.3 cm³/mol. The highest BCUT2D eigenvalue weighted by molar-refractivity contribution is 8.00. The molecule has 2 rings (SSSR count). The SMILES string of the molecule is CNCc1ccc(S(=O)(=O)NCC2(SC)CCC2)nc1. The zero-order valence-electron chi connectivity index (χ0n) is 11.8. The van der Waals surface area contributed by atoms with E-state index >= 15 is 0 Å². The predicted octanol–water partition coefficient (Wildman–Crippen LogP) is 1.36. The third-order valence-electron chi connectivity index (χ3n) is 3.74. The van der Waals surface area contributed by atoms with Gasteiger partial charge in [-0.15, -0.1) is 0 Å². The lowest BCUT2D eigenvalue weighted by molar-refractivity contribution is 0.361. The summed E-state index contributed by atoms with van der Waals surface area (Å²) in [5.41, 5.74) is 0.964. The summed E-state index contributed by atoms with van der Waals surface area (Å²) in [6.07, 6.45) is 6.97. The molecule has 0 atom stereocenters. The van der Waals surface area contributed by atoms with Crippen LogP contribution >= 0.6 is 11.8 Å². The maximum absolute atomic E-state index is 12.2. The molecule has 1 aliphatic carbocycles. The number of hydrogen-bond donors (Lipinski definition) is 2. The van der Waals surface area contributed by atoms with Gasteiger partial charge in [-0.1, -0.05) is 12.5 Å². The van der Waals surface area contributed by atoms with Crippen molar-refractivity contribution in [2.75, 3.05) is 19.8 Å². The highest BCUT2D eigenvalue weighted by atomic mass is 32.2. The summed E-state index contributed by atoms with van der Waals surface area (Å²) >= 11 is 1.75. The van der Waals surface area contributed by atoms with E-state index in [1.165, 1.54) is 6.42 Å². The van der Waals surface area contributed by atoms with Crippen molar-refractivity contribution in [3.8, 4) is 0 Å². The molecule has 20 heavy (non-hydrogen) atoms. The Kier molecular flexibility index (Phi) is 5.06. The molecule has 1 heterocycles. The number of rotatable bonds is 7. The summed E-state index contributed by atoms with van der Waals surface area (Å²) in [5, 5.41) is 3.09. The van der Waals surface area contributed by atoms with Gasteiger partial charge < -0.3 is 5.32 Å². The Morgan fingerprint density at radius 1 is 1.40 bits per heavy atom. The van der Waals surface area contributed by atoms with Gasteiger partial charge in [0.15, 0.2) is 5.03 Å². The fourth-order valence-electron chi connectivity index (χ4n) is 2.20. The third kappa shape index (κ3) is 3.52. The van der Waals surface area contributed by atoms with Crippen molar-refractivity contribution in [3.05, 3.63) is 23.9 Å². The molecule has 1 aliphatic rings. The van der Waals surface area contributed by atoms with Crippen LogP contribution in [-0.4, -0.2) is 38.0 Å². The zero-order chi connectivity index (χ0) is 14.6. The van der Waals surface area contributed by atoms with Gasteiger partial charge in [0, 0.05) is 24.0 Å². The quantitative estimate of drug-likeness (QED) is 0.795. The fourth-order valence-corrected chi connectivity index (χ4v) is 4.26. The normalized spacial score (nSPS) is 17.7. The Morgan fingerprint density at radius 3 is 2.60 bits per heavy atom. The minimum Gasteiger partial charge on any atom is -0.316 e. The maximum Gasteiger partial charge on any atom is 0.258 e. The number of pyridine rings is 1. The van der Waals surface area contributed by atoms with E-state index in [4.69, 9.17) is 0 Å². The minimum absolute atomic E-state index is 0.0825. The van der Waals surface area contributed by atoms with E-state index in [1.807, 2.05) is 13.3 Å². The largest absolute Gasteiger partial charge is 0.316 e. The molecule has 0 unspecified atom stereocenters. The molecule has 5 nitrogen and oxygen atoms in total. The topological polar surface area (TPSA) is 71.1 Å². The van der Waals surface area contributed by atoms with Gasteiger partial charge in [-0.3, -0.25) is 0 Å². The molecule has 0 spiro atoms. The monoisotopic (exact) mass is 315 g/mol. The average molecular weight is 315 g/mol. The van der Waals surface area contributed by atoms with Gasteiger partial charge in [0.25, 0.3) is 10.0 Å². The van der Waals surface area contributed by atoms with Gasteiger partial charge >= 0.3 is 0 Å². The molecule has 1 aromatic rings. The second-order valence-corrected chi connectivity index (χ2v) is 8.09. The number of nitrogens with one attached hydrogen (secondary N) is 2. The summed E-state index contributed by atoms with van der Waals surface area (Å²) in [6, 6.07) is 3.34. The van der Waals surface area contributed by atoms with E-state index in [0.29, 0.717) is 13.1 Å². The van der Waals surface area contributed by atoms with E-state index in [1.54, 1.807) is 30.1 Å². The summed E-state index contributed by atoms with van der Waals surface area (Å²) in [4.78, 5) is 4.04. The van der Waals surface area contributed by atoms with Gasteiger partial charge in [0.2, 0.25) is 0 Å². The number of thioether (sulfide) groups is 1. The summed E-state index contributed by atoms with van der Waals surface area (Å²) < 4.78 is 27.2. The standard InChI is InChI=1S/C13H21N3O2S2/c1-14-8-11-4-5-12(15-9-11)20(17,18)16-10-13(19-2)6-3-7-13/h4-5,9,14,16H,3,6-8,10H2,1-2H3. The van der Waals surface area contributed by atoms with Crippen LogP contribution in [0, 0.1) is 0 Å². The van der Waals surface area contributed by atoms with Crippen molar-refractivity contribution >= 4 is 21.8 Å². The first kappa shape index (κ1) is 15.8. The maximum atomic E-state index is 12.2. The van der Waals surface area contributed by atoms with E-state index in [-0.39, 0.29) is 9.77 Å². The Bertz CT molecular complexity index is 534. The molecule has 0 aromatic carbocycles. The van der Waals surface area contributed by atoms with E-state index in [9.17, 15) is 8.42 Å². The van der Waals surface area contributed by atoms with Crippen LogP contribution in [0.4, 0.5) is 0 Å². The van der Waals surface area contributed by atoms with Crippen molar-refractivity contribution in [2.45, 2.75) is 35.6 Å². The van der Waals surface area contributed by atoms with Crippen LogP contribution in [0.1, 0.15) is 24.8 Å². The molecular formula is C13H21N3O2S2. The molecule has 0 bridgehead atoms. The molecule has 0 saturated heterocycles. The van der Waals surface area contributed by atoms with Crippen molar-refractivity contribution < 1.29 is 8.42 Å². The van der Waals surface area contributed by atoms with E-state index in [2.05, 4.69) is 15.0 Å². The van der Waals surface area contributed by atoms with Crippen LogP contribution in [0.5, 0.6) is 0 Å². The molecule has 2 N–H and O–H groups in total. The smallest absolute Gasteiger partial charge is 0.258 e. The molecule has 7 heteroatoms. The van der Waals surface area contributed by atoms with Crippen LogP contribution in [-0.2, 0) is 16.6 Å². The molecule has 0 aliphatic heterocycles. The van der Waals surface area contributed by atoms with Gasteiger partial charge in [-0.25, -0.2) is 18.1 Å². The second kappa shape index (κ2) is 6.43. The van der Waals surface area contributed by atoms with Gasteiger partial charge in [0.05, 0.1) is 0 Å². The van der Waals surface area contributed by atoms with Crippen LogP contribution in [0.2, 0.25) is 0 Å². The highest BCUT2D eigenvalue weighted by Crippen LogP contribution is 2.42. The first-order valence-corrected chi connectivity index (χ1v) is 9.36. The van der Waals surface area contributed by atoms with Crippen LogP contribution in [0.15, 0.2) is 23.4 Å². The van der Waals surface area contributed by atoms with Crippen molar-refractivity contribution in [3.63, 3.8) is 0 Å². The number of aromatic nitrogens is 1. The molecule has 1 fully saturated rings. The Labute approximate surface area is 125 Å². The molecule has 0 amide bonds. The lowest BCUT2D eigenvalue weighted by Crippen LogP contribution is -2.45. The van der Waals surface area contributed by atoms with Crippen LogP contribution in [0.25, 0.3) is 0 Å². The molecule has 1 saturated carbocycles. The third-order valence-corrected chi connectivity index (χ3v) is 6.47. The first-order chi connectivity index (χ1) is 9.51. The average Bonchev–Trinajstić information content (AvgIpc) is 2.39. The van der Waals surface area contributed by atoms with Gasteiger partial charge in [-0.2, -0.15) is 11.8 Å². The Hall–Kier alpha value is -0.630. The lowest BCUT2D eigenvalue weighted by Gasteiger charge is -2.40. The van der Waals surface area contributed by atoms with Crippen molar-refractivity contribution in [1.82, 2.24) is 15.0 Å². The van der Waals surface area contributed by atoms with E-state index < -0.39 is 10.0 Å². The van der Waals surface area contributed by atoms with Crippen molar-refractivity contribution in [1.29, 1.82) is 0 Å². The number of sulfonamides is 1. The lowest BCUT2D eigenvalue weighted by atomic mass is 9.84. The second-order valence-electron chi connectivity index (χ2n) is 5.10. The minimum atomic E-state index is -3.51. The molecule has 1 aromatic heterocycles. The van der Waals surface area contributed by atoms with Crippen LogP contribution < -0.4 is 10.0 Å². The van der Waals surface area contributed by atoms with E-state index in [0.717, 1.165) is 18.4 Å². The van der Waals surface area contributed by atoms with Gasteiger partial charge in [-0.05, 0) is 37.8 Å².